The van der Waals surface area contributed by atoms with E-state index in [1.54, 1.807) is 29.0 Å². The van der Waals surface area contributed by atoms with Crippen LogP contribution in [0.2, 0.25) is 15.1 Å². The van der Waals surface area contributed by atoms with Gasteiger partial charge in [-0.05, 0) is 19.1 Å². The van der Waals surface area contributed by atoms with Gasteiger partial charge in [-0.25, -0.2) is 0 Å². The van der Waals surface area contributed by atoms with Gasteiger partial charge in [0, 0.05) is 11.1 Å². The molecule has 1 unspecified atom stereocenters. The summed E-state index contributed by atoms with van der Waals surface area (Å²) in [5.41, 5.74) is 2.56. The van der Waals surface area contributed by atoms with Gasteiger partial charge in [-0.3, -0.25) is 4.98 Å². The molecule has 2 rings (SSSR count). The van der Waals surface area contributed by atoms with Crippen LogP contribution in [-0.2, 0) is 0 Å². The Labute approximate surface area is 119 Å². The second-order valence-corrected chi connectivity index (χ2v) is 5.66. The van der Waals surface area contributed by atoms with Crippen LogP contribution in [0.25, 0.3) is 0 Å². The van der Waals surface area contributed by atoms with Gasteiger partial charge in [-0.15, -0.1) is 11.3 Å². The molecule has 0 spiro atoms. The molecule has 0 aliphatic rings. The van der Waals surface area contributed by atoms with Crippen molar-refractivity contribution in [3.8, 4) is 0 Å². The van der Waals surface area contributed by atoms with Gasteiger partial charge in [0.05, 0.1) is 32.3 Å². The molecule has 0 aliphatic carbocycles. The Balaban J connectivity index is 2.22. The average Bonchev–Trinajstić information content (AvgIpc) is 2.79. The predicted molar refractivity (Wildman–Crippen MR) is 75.6 cm³/mol. The molecule has 2 aromatic rings. The number of hydrogen-bond acceptors (Lipinski definition) is 3. The van der Waals surface area contributed by atoms with Gasteiger partial charge in [0.2, 0.25) is 0 Å². The standard InChI is InChI=1S/C11H9Cl3N2S/c1-6(11-4-15-5-17-11)16-10-3-8(13)7(12)2-9(10)14/h2-6,16H,1H3. The van der Waals surface area contributed by atoms with Crippen molar-refractivity contribution in [1.29, 1.82) is 0 Å². The normalized spacial score (nSPS) is 12.5. The van der Waals surface area contributed by atoms with E-state index in [2.05, 4.69) is 10.3 Å². The van der Waals surface area contributed by atoms with E-state index >= 15 is 0 Å². The van der Waals surface area contributed by atoms with E-state index in [0.29, 0.717) is 15.1 Å². The van der Waals surface area contributed by atoms with E-state index in [-0.39, 0.29) is 6.04 Å². The largest absolute Gasteiger partial charge is 0.376 e. The van der Waals surface area contributed by atoms with Crippen LogP contribution in [0, 0.1) is 0 Å². The number of hydrogen-bond donors (Lipinski definition) is 1. The molecule has 0 bridgehead atoms. The molecule has 0 saturated heterocycles. The summed E-state index contributed by atoms with van der Waals surface area (Å²) >= 11 is 19.5. The van der Waals surface area contributed by atoms with Crippen LogP contribution in [0.3, 0.4) is 0 Å². The van der Waals surface area contributed by atoms with Gasteiger partial charge in [0.15, 0.2) is 0 Å². The summed E-state index contributed by atoms with van der Waals surface area (Å²) in [6.45, 7) is 2.03. The molecule has 1 heterocycles. The molecule has 2 nitrogen and oxygen atoms in total. The third-order valence-electron chi connectivity index (χ3n) is 2.26. The molecule has 6 heteroatoms. The molecule has 1 aromatic carbocycles. The monoisotopic (exact) mass is 306 g/mol. The lowest BCUT2D eigenvalue weighted by molar-refractivity contribution is 0.904. The Morgan fingerprint density at radius 1 is 1.18 bits per heavy atom. The molecule has 0 fully saturated rings. The van der Waals surface area contributed by atoms with Crippen molar-refractivity contribution in [2.24, 2.45) is 0 Å². The Morgan fingerprint density at radius 2 is 1.88 bits per heavy atom. The van der Waals surface area contributed by atoms with Crippen molar-refractivity contribution in [3.63, 3.8) is 0 Å². The summed E-state index contributed by atoms with van der Waals surface area (Å²) in [7, 11) is 0. The first kappa shape index (κ1) is 13.0. The minimum absolute atomic E-state index is 0.122. The van der Waals surface area contributed by atoms with Gasteiger partial charge >= 0.3 is 0 Å². The number of anilines is 1. The highest BCUT2D eigenvalue weighted by Crippen LogP contribution is 2.34. The number of benzene rings is 1. The van der Waals surface area contributed by atoms with Crippen molar-refractivity contribution in [3.05, 3.63) is 43.8 Å². The topological polar surface area (TPSA) is 24.9 Å². The Kier molecular flexibility index (Phi) is 4.15. The van der Waals surface area contributed by atoms with Gasteiger partial charge in [-0.2, -0.15) is 0 Å². The lowest BCUT2D eigenvalue weighted by Crippen LogP contribution is -2.05. The van der Waals surface area contributed by atoms with Crippen molar-refractivity contribution in [1.82, 2.24) is 4.98 Å². The maximum absolute atomic E-state index is 6.09. The van der Waals surface area contributed by atoms with Crippen molar-refractivity contribution < 1.29 is 0 Å². The highest BCUT2D eigenvalue weighted by molar-refractivity contribution is 7.09. The van der Waals surface area contributed by atoms with Crippen molar-refractivity contribution >= 4 is 51.8 Å². The Morgan fingerprint density at radius 3 is 2.53 bits per heavy atom. The van der Waals surface area contributed by atoms with Crippen molar-refractivity contribution in [2.75, 3.05) is 5.32 Å². The number of thiazole rings is 1. The summed E-state index contributed by atoms with van der Waals surface area (Å²) in [4.78, 5) is 5.17. The first-order valence-corrected chi connectivity index (χ1v) is 6.88. The highest BCUT2D eigenvalue weighted by Gasteiger charge is 2.11. The van der Waals surface area contributed by atoms with Crippen LogP contribution < -0.4 is 5.32 Å². The lowest BCUT2D eigenvalue weighted by Gasteiger charge is -2.15. The summed E-state index contributed by atoms with van der Waals surface area (Å²) < 4.78 is 0. The van der Waals surface area contributed by atoms with E-state index in [1.165, 1.54) is 0 Å². The Bertz CT molecular complexity index is 514. The van der Waals surface area contributed by atoms with Gasteiger partial charge in [-0.1, -0.05) is 34.8 Å². The number of nitrogens with zero attached hydrogens (tertiary/aromatic N) is 1. The molecule has 0 aliphatic heterocycles. The first-order valence-electron chi connectivity index (χ1n) is 4.87. The summed E-state index contributed by atoms with van der Waals surface area (Å²) in [6, 6.07) is 3.48. The second kappa shape index (κ2) is 5.44. The molecule has 90 valence electrons. The quantitative estimate of drug-likeness (QED) is 0.781. The van der Waals surface area contributed by atoms with E-state index < -0.39 is 0 Å². The van der Waals surface area contributed by atoms with Crippen LogP contribution in [0.5, 0.6) is 0 Å². The third kappa shape index (κ3) is 3.05. The summed E-state index contributed by atoms with van der Waals surface area (Å²) in [5, 5.41) is 4.76. The molecular weight excluding hydrogens is 299 g/mol. The zero-order valence-corrected chi connectivity index (χ0v) is 12.0. The minimum Gasteiger partial charge on any atom is -0.376 e. The number of nitrogens with one attached hydrogen (secondary N) is 1. The van der Waals surface area contributed by atoms with Crippen LogP contribution in [0.4, 0.5) is 5.69 Å². The zero-order chi connectivity index (χ0) is 12.4. The molecule has 0 amide bonds. The Hall–Kier alpha value is -0.480. The molecule has 0 saturated carbocycles. The van der Waals surface area contributed by atoms with Crippen LogP contribution >= 0.6 is 46.1 Å². The molecule has 1 aromatic heterocycles. The average molecular weight is 308 g/mol. The SMILES string of the molecule is CC(Nc1cc(Cl)c(Cl)cc1Cl)c1cncs1. The molecule has 17 heavy (non-hydrogen) atoms. The summed E-state index contributed by atoms with van der Waals surface area (Å²) in [5.74, 6) is 0. The predicted octanol–water partition coefficient (Wildman–Crippen LogP) is 5.28. The fourth-order valence-electron chi connectivity index (χ4n) is 1.38. The molecule has 1 atom stereocenters. The lowest BCUT2D eigenvalue weighted by atomic mass is 10.2. The first-order chi connectivity index (χ1) is 8.08. The van der Waals surface area contributed by atoms with E-state index in [9.17, 15) is 0 Å². The number of rotatable bonds is 3. The van der Waals surface area contributed by atoms with Gasteiger partial charge in [0.1, 0.15) is 0 Å². The van der Waals surface area contributed by atoms with E-state index in [4.69, 9.17) is 34.8 Å². The van der Waals surface area contributed by atoms with E-state index in [0.717, 1.165) is 10.6 Å². The maximum Gasteiger partial charge on any atom is 0.0795 e. The van der Waals surface area contributed by atoms with Crippen molar-refractivity contribution in [2.45, 2.75) is 13.0 Å². The minimum atomic E-state index is 0.122. The maximum atomic E-state index is 6.09. The molecule has 1 N–H and O–H groups in total. The zero-order valence-electron chi connectivity index (χ0n) is 8.88. The third-order valence-corrected chi connectivity index (χ3v) is 4.25. The molecule has 0 radical (unpaired) electrons. The van der Waals surface area contributed by atoms with Crippen LogP contribution in [-0.4, -0.2) is 4.98 Å². The summed E-state index contributed by atoms with van der Waals surface area (Å²) in [6.07, 6.45) is 1.83. The fraction of sp³-hybridized carbons (Fsp3) is 0.182. The smallest absolute Gasteiger partial charge is 0.0795 e. The highest BCUT2D eigenvalue weighted by atomic mass is 35.5. The van der Waals surface area contributed by atoms with Crippen LogP contribution in [0.15, 0.2) is 23.8 Å². The fourth-order valence-corrected chi connectivity index (χ4v) is 2.61. The second-order valence-electron chi connectivity index (χ2n) is 3.52. The number of aromatic nitrogens is 1. The van der Waals surface area contributed by atoms with Gasteiger partial charge in [0.25, 0.3) is 0 Å². The van der Waals surface area contributed by atoms with E-state index in [1.807, 2.05) is 13.1 Å². The number of halogens is 3. The molecular formula is C11H9Cl3N2S. The van der Waals surface area contributed by atoms with Crippen LogP contribution in [0.1, 0.15) is 17.8 Å². The van der Waals surface area contributed by atoms with Gasteiger partial charge < -0.3 is 5.32 Å².